The van der Waals surface area contributed by atoms with Crippen molar-refractivity contribution in [3.05, 3.63) is 51.7 Å². The van der Waals surface area contributed by atoms with E-state index in [4.69, 9.17) is 17.3 Å². The Kier molecular flexibility index (Phi) is 3.64. The molecule has 0 saturated carbocycles. The van der Waals surface area contributed by atoms with Crippen molar-refractivity contribution < 1.29 is 0 Å². The second kappa shape index (κ2) is 5.61. The lowest BCUT2D eigenvalue weighted by Crippen LogP contribution is -2.22. The zero-order valence-electron chi connectivity index (χ0n) is 11.7. The van der Waals surface area contributed by atoms with Gasteiger partial charge in [-0.05, 0) is 12.1 Å². The third-order valence-electron chi connectivity index (χ3n) is 3.14. The summed E-state index contributed by atoms with van der Waals surface area (Å²) in [6, 6.07) is 8.77. The molecule has 0 aliphatic rings. The number of halogens is 1. The number of para-hydroxylation sites is 1. The highest BCUT2D eigenvalue weighted by Crippen LogP contribution is 2.17. The van der Waals surface area contributed by atoms with E-state index in [-0.39, 0.29) is 16.7 Å². The lowest BCUT2D eigenvalue weighted by Gasteiger charge is -2.17. The number of aromatic amines is 1. The topological polar surface area (TPSA) is 101 Å². The molecule has 3 aromatic rings. The summed E-state index contributed by atoms with van der Waals surface area (Å²) in [5.41, 5.74) is 6.06. The van der Waals surface area contributed by atoms with Crippen LogP contribution in [0.25, 0.3) is 10.9 Å². The fraction of sp³-hybridized carbons (Fsp3) is 0.143. The Morgan fingerprint density at radius 1 is 1.27 bits per heavy atom. The molecule has 8 heteroatoms. The fourth-order valence-electron chi connectivity index (χ4n) is 2.13. The zero-order chi connectivity index (χ0) is 15.7. The minimum atomic E-state index is -0.172. The number of fused-ring (bicyclic) bond motifs is 1. The number of anilines is 2. The maximum atomic E-state index is 12.0. The van der Waals surface area contributed by atoms with E-state index in [1.54, 1.807) is 36.2 Å². The zero-order valence-corrected chi connectivity index (χ0v) is 12.5. The number of hydrogen-bond acceptors (Lipinski definition) is 6. The molecule has 22 heavy (non-hydrogen) atoms. The molecule has 7 nitrogen and oxygen atoms in total. The molecule has 0 aliphatic heterocycles. The monoisotopic (exact) mass is 316 g/mol. The van der Waals surface area contributed by atoms with Gasteiger partial charge in [0.1, 0.15) is 16.8 Å². The van der Waals surface area contributed by atoms with Gasteiger partial charge in [-0.1, -0.05) is 23.7 Å². The van der Waals surface area contributed by atoms with Gasteiger partial charge in [0.15, 0.2) is 0 Å². The molecule has 0 saturated heterocycles. The molecule has 0 fully saturated rings. The summed E-state index contributed by atoms with van der Waals surface area (Å²) in [4.78, 5) is 28.9. The molecule has 2 aromatic heterocycles. The number of nitrogens with one attached hydrogen (secondary N) is 1. The summed E-state index contributed by atoms with van der Waals surface area (Å²) in [6.07, 6.45) is 0. The van der Waals surface area contributed by atoms with Gasteiger partial charge in [0.05, 0.1) is 17.4 Å². The van der Waals surface area contributed by atoms with Gasteiger partial charge in [-0.3, -0.25) is 4.79 Å². The lowest BCUT2D eigenvalue weighted by atomic mass is 10.2. The number of rotatable bonds is 3. The Bertz CT molecular complexity index is 874. The number of aromatic nitrogens is 4. The van der Waals surface area contributed by atoms with Crippen molar-refractivity contribution in [2.45, 2.75) is 6.54 Å². The predicted octanol–water partition coefficient (Wildman–Crippen LogP) is 1.59. The largest absolute Gasteiger partial charge is 0.368 e. The molecule has 0 aliphatic carbocycles. The van der Waals surface area contributed by atoms with Gasteiger partial charge in [0.25, 0.3) is 5.56 Å². The van der Waals surface area contributed by atoms with Gasteiger partial charge in [-0.15, -0.1) is 0 Å². The molecule has 1 aromatic carbocycles. The first-order chi connectivity index (χ1) is 10.5. The van der Waals surface area contributed by atoms with Crippen LogP contribution < -0.4 is 16.2 Å². The van der Waals surface area contributed by atoms with E-state index in [0.717, 1.165) is 0 Å². The van der Waals surface area contributed by atoms with E-state index < -0.39 is 0 Å². The van der Waals surface area contributed by atoms with Crippen LogP contribution in [0.15, 0.2) is 35.1 Å². The molecule has 0 atom stereocenters. The normalized spacial score (nSPS) is 10.8. The Labute approximate surface area is 130 Å². The van der Waals surface area contributed by atoms with Crippen LogP contribution in [-0.4, -0.2) is 27.0 Å². The SMILES string of the molecule is CN(Cc1nc2ccccc2c(=O)[nH]1)c1cc(Cl)nc(N)n1. The number of nitrogen functional groups attached to an aromatic ring is 1. The molecule has 0 amide bonds. The maximum absolute atomic E-state index is 12.0. The van der Waals surface area contributed by atoms with Crippen LogP contribution in [0.2, 0.25) is 5.15 Å². The minimum absolute atomic E-state index is 0.0920. The van der Waals surface area contributed by atoms with Crippen LogP contribution in [0.4, 0.5) is 11.8 Å². The molecule has 0 bridgehead atoms. The molecular formula is C14H13ClN6O. The predicted molar refractivity (Wildman–Crippen MR) is 85.9 cm³/mol. The van der Waals surface area contributed by atoms with Crippen LogP contribution >= 0.6 is 11.6 Å². The Balaban J connectivity index is 1.94. The second-order valence-electron chi connectivity index (χ2n) is 4.79. The molecule has 3 rings (SSSR count). The van der Waals surface area contributed by atoms with E-state index in [2.05, 4.69) is 19.9 Å². The van der Waals surface area contributed by atoms with Crippen LogP contribution in [0.1, 0.15) is 5.82 Å². The van der Waals surface area contributed by atoms with E-state index >= 15 is 0 Å². The third-order valence-corrected chi connectivity index (χ3v) is 3.33. The quantitative estimate of drug-likeness (QED) is 0.712. The first-order valence-electron chi connectivity index (χ1n) is 6.52. The second-order valence-corrected chi connectivity index (χ2v) is 5.18. The number of benzene rings is 1. The first kappa shape index (κ1) is 14.3. The maximum Gasteiger partial charge on any atom is 0.258 e. The van der Waals surface area contributed by atoms with Crippen molar-refractivity contribution in [1.29, 1.82) is 0 Å². The summed E-state index contributed by atoms with van der Waals surface area (Å²) >= 11 is 5.87. The molecule has 2 heterocycles. The summed E-state index contributed by atoms with van der Waals surface area (Å²) in [6.45, 7) is 0.354. The highest BCUT2D eigenvalue weighted by Gasteiger charge is 2.10. The van der Waals surface area contributed by atoms with E-state index in [1.165, 1.54) is 0 Å². The van der Waals surface area contributed by atoms with Gasteiger partial charge in [0, 0.05) is 13.1 Å². The smallest absolute Gasteiger partial charge is 0.258 e. The van der Waals surface area contributed by atoms with Gasteiger partial charge in [-0.2, -0.15) is 4.98 Å². The minimum Gasteiger partial charge on any atom is -0.368 e. The van der Waals surface area contributed by atoms with Crippen LogP contribution in [0.3, 0.4) is 0 Å². The van der Waals surface area contributed by atoms with Crippen LogP contribution in [0.5, 0.6) is 0 Å². The number of H-pyrrole nitrogens is 1. The Hall–Kier alpha value is -2.67. The summed E-state index contributed by atoms with van der Waals surface area (Å²) in [7, 11) is 1.80. The Morgan fingerprint density at radius 2 is 2.05 bits per heavy atom. The fourth-order valence-corrected chi connectivity index (χ4v) is 2.32. The van der Waals surface area contributed by atoms with Crippen LogP contribution in [0, 0.1) is 0 Å². The molecule has 0 spiro atoms. The van der Waals surface area contributed by atoms with Gasteiger partial charge in [-0.25, -0.2) is 9.97 Å². The molecule has 3 N–H and O–H groups in total. The average molecular weight is 317 g/mol. The van der Waals surface area contributed by atoms with Crippen molar-refractivity contribution in [2.24, 2.45) is 0 Å². The molecule has 0 unspecified atom stereocenters. The van der Waals surface area contributed by atoms with Crippen LogP contribution in [-0.2, 0) is 6.54 Å². The highest BCUT2D eigenvalue weighted by atomic mass is 35.5. The average Bonchev–Trinajstić information content (AvgIpc) is 2.46. The number of nitrogens with two attached hydrogens (primary N) is 1. The van der Waals surface area contributed by atoms with E-state index in [0.29, 0.717) is 29.1 Å². The van der Waals surface area contributed by atoms with Crippen molar-refractivity contribution >= 4 is 34.3 Å². The number of nitrogens with zero attached hydrogens (tertiary/aromatic N) is 4. The standard InChI is InChI=1S/C14H13ClN6O/c1-21(12-6-10(15)18-14(16)20-12)7-11-17-9-5-3-2-4-8(9)13(22)19-11/h2-6H,7H2,1H3,(H2,16,18,20)(H,17,19,22). The first-order valence-corrected chi connectivity index (χ1v) is 6.90. The molecular weight excluding hydrogens is 304 g/mol. The third kappa shape index (κ3) is 2.84. The summed E-state index contributed by atoms with van der Waals surface area (Å²) in [5, 5.41) is 0.817. The van der Waals surface area contributed by atoms with E-state index in [9.17, 15) is 4.79 Å². The summed E-state index contributed by atoms with van der Waals surface area (Å²) < 4.78 is 0. The van der Waals surface area contributed by atoms with Crippen molar-refractivity contribution in [3.63, 3.8) is 0 Å². The van der Waals surface area contributed by atoms with Gasteiger partial charge < -0.3 is 15.6 Å². The highest BCUT2D eigenvalue weighted by molar-refractivity contribution is 6.29. The Morgan fingerprint density at radius 3 is 2.82 bits per heavy atom. The molecule has 112 valence electrons. The lowest BCUT2D eigenvalue weighted by molar-refractivity contribution is 0.825. The number of hydrogen-bond donors (Lipinski definition) is 2. The summed E-state index contributed by atoms with van der Waals surface area (Å²) in [5.74, 6) is 1.17. The van der Waals surface area contributed by atoms with E-state index in [1.807, 2.05) is 6.07 Å². The molecule has 0 radical (unpaired) electrons. The van der Waals surface area contributed by atoms with Gasteiger partial charge >= 0.3 is 0 Å². The van der Waals surface area contributed by atoms with Crippen molar-refractivity contribution in [3.8, 4) is 0 Å². The van der Waals surface area contributed by atoms with Crippen molar-refractivity contribution in [1.82, 2.24) is 19.9 Å². The van der Waals surface area contributed by atoms with Gasteiger partial charge in [0.2, 0.25) is 5.95 Å². The van der Waals surface area contributed by atoms with Crippen molar-refractivity contribution in [2.75, 3.05) is 17.7 Å².